The van der Waals surface area contributed by atoms with Crippen LogP contribution in [0.2, 0.25) is 0 Å². The molecule has 0 amide bonds. The average Bonchev–Trinajstić information content (AvgIpc) is 2.78. The van der Waals surface area contributed by atoms with Crippen LogP contribution in [0.4, 0.5) is 0 Å². The van der Waals surface area contributed by atoms with Gasteiger partial charge in [0, 0.05) is 37.3 Å². The summed E-state index contributed by atoms with van der Waals surface area (Å²) in [4.78, 5) is 4.93. The molecule has 19 heavy (non-hydrogen) atoms. The molecule has 0 bridgehead atoms. The first-order valence-electron chi connectivity index (χ1n) is 7.22. The van der Waals surface area contributed by atoms with E-state index in [4.69, 9.17) is 4.42 Å². The summed E-state index contributed by atoms with van der Waals surface area (Å²) in [5.74, 6) is 1.11. The van der Waals surface area contributed by atoms with Gasteiger partial charge >= 0.3 is 0 Å². The van der Waals surface area contributed by atoms with Gasteiger partial charge in [0.2, 0.25) is 0 Å². The van der Waals surface area contributed by atoms with E-state index in [1.165, 1.54) is 5.56 Å². The fraction of sp³-hybridized carbons (Fsp3) is 0.733. The van der Waals surface area contributed by atoms with E-state index < -0.39 is 0 Å². The van der Waals surface area contributed by atoms with Gasteiger partial charge in [0.15, 0.2) is 0 Å². The first-order valence-corrected chi connectivity index (χ1v) is 7.22. The van der Waals surface area contributed by atoms with E-state index in [-0.39, 0.29) is 5.54 Å². The molecule has 2 heterocycles. The number of nitrogens with zero attached hydrogens (tertiary/aromatic N) is 2. The topological polar surface area (TPSA) is 31.7 Å². The molecule has 4 heteroatoms. The van der Waals surface area contributed by atoms with Crippen LogP contribution in [0.1, 0.15) is 32.1 Å². The van der Waals surface area contributed by atoms with E-state index in [1.54, 1.807) is 0 Å². The molecule has 0 aromatic carbocycles. The van der Waals surface area contributed by atoms with Gasteiger partial charge in [-0.05, 0) is 33.5 Å². The third-order valence-corrected chi connectivity index (χ3v) is 4.17. The smallest absolute Gasteiger partial charge is 0.122 e. The van der Waals surface area contributed by atoms with Crippen LogP contribution >= 0.6 is 0 Å². The van der Waals surface area contributed by atoms with Gasteiger partial charge in [0.1, 0.15) is 5.76 Å². The molecule has 0 spiro atoms. The zero-order chi connectivity index (χ0) is 13.9. The Bertz CT molecular complexity index is 400. The Morgan fingerprint density at radius 1 is 1.37 bits per heavy atom. The highest BCUT2D eigenvalue weighted by atomic mass is 16.3. The molecular weight excluding hydrogens is 238 g/mol. The van der Waals surface area contributed by atoms with Crippen molar-refractivity contribution >= 4 is 0 Å². The lowest BCUT2D eigenvalue weighted by molar-refractivity contribution is 0.0326. The van der Waals surface area contributed by atoms with E-state index >= 15 is 0 Å². The van der Waals surface area contributed by atoms with Crippen molar-refractivity contribution < 1.29 is 4.42 Å². The van der Waals surface area contributed by atoms with Gasteiger partial charge in [-0.1, -0.05) is 6.92 Å². The molecule has 1 saturated heterocycles. The zero-order valence-electron chi connectivity index (χ0n) is 12.7. The fourth-order valence-electron chi connectivity index (χ4n) is 2.60. The summed E-state index contributed by atoms with van der Waals surface area (Å²) in [5.41, 5.74) is 1.53. The number of piperazine rings is 1. The molecule has 108 valence electrons. The normalized spacial score (nSPS) is 20.8. The van der Waals surface area contributed by atoms with Crippen molar-refractivity contribution in [3.05, 3.63) is 23.7 Å². The molecule has 1 N–H and O–H groups in total. The second-order valence-corrected chi connectivity index (χ2v) is 6.09. The highest BCUT2D eigenvalue weighted by Crippen LogP contribution is 2.21. The van der Waals surface area contributed by atoms with Gasteiger partial charge in [-0.15, -0.1) is 0 Å². The lowest BCUT2D eigenvalue weighted by Crippen LogP contribution is -2.57. The summed E-state index contributed by atoms with van der Waals surface area (Å²) >= 11 is 0. The van der Waals surface area contributed by atoms with Crippen LogP contribution in [0.5, 0.6) is 0 Å². The van der Waals surface area contributed by atoms with Crippen LogP contribution in [-0.4, -0.2) is 48.6 Å². The molecule has 1 aromatic rings. The van der Waals surface area contributed by atoms with Crippen molar-refractivity contribution in [3.63, 3.8) is 0 Å². The van der Waals surface area contributed by atoms with Crippen molar-refractivity contribution in [1.29, 1.82) is 0 Å². The quantitative estimate of drug-likeness (QED) is 0.881. The zero-order valence-corrected chi connectivity index (χ0v) is 12.7. The van der Waals surface area contributed by atoms with Crippen LogP contribution in [0.25, 0.3) is 0 Å². The SMILES string of the molecule is CCNCc1ccoc1CN1CCN(C)C(C)(C)C1. The summed E-state index contributed by atoms with van der Waals surface area (Å²) in [6.45, 7) is 12.9. The van der Waals surface area contributed by atoms with E-state index in [9.17, 15) is 0 Å². The fourth-order valence-corrected chi connectivity index (χ4v) is 2.60. The number of hydrogen-bond donors (Lipinski definition) is 1. The Balaban J connectivity index is 1.96. The second kappa shape index (κ2) is 6.07. The molecule has 0 atom stereocenters. The van der Waals surface area contributed by atoms with Gasteiger partial charge < -0.3 is 9.73 Å². The molecule has 1 fully saturated rings. The molecule has 1 aliphatic heterocycles. The maximum atomic E-state index is 5.66. The Labute approximate surface area is 116 Å². The monoisotopic (exact) mass is 265 g/mol. The molecule has 0 unspecified atom stereocenters. The first-order chi connectivity index (χ1) is 9.03. The van der Waals surface area contributed by atoms with Gasteiger partial charge in [-0.3, -0.25) is 9.80 Å². The maximum Gasteiger partial charge on any atom is 0.122 e. The minimum Gasteiger partial charge on any atom is -0.468 e. The van der Waals surface area contributed by atoms with Crippen molar-refractivity contribution in [1.82, 2.24) is 15.1 Å². The Morgan fingerprint density at radius 2 is 2.16 bits per heavy atom. The highest BCUT2D eigenvalue weighted by Gasteiger charge is 2.31. The third kappa shape index (κ3) is 3.59. The number of nitrogens with one attached hydrogen (secondary N) is 1. The van der Waals surface area contributed by atoms with Crippen molar-refractivity contribution in [3.8, 4) is 0 Å². The Kier molecular flexibility index (Phi) is 4.66. The van der Waals surface area contributed by atoms with E-state index in [2.05, 4.69) is 49.0 Å². The van der Waals surface area contributed by atoms with Crippen molar-refractivity contribution in [2.75, 3.05) is 33.2 Å². The predicted molar refractivity (Wildman–Crippen MR) is 78.1 cm³/mol. The summed E-state index contributed by atoms with van der Waals surface area (Å²) in [5, 5.41) is 3.36. The lowest BCUT2D eigenvalue weighted by Gasteiger charge is -2.45. The molecule has 0 aliphatic carbocycles. The van der Waals surface area contributed by atoms with E-state index in [0.29, 0.717) is 0 Å². The number of rotatable bonds is 5. The largest absolute Gasteiger partial charge is 0.468 e. The van der Waals surface area contributed by atoms with Crippen molar-refractivity contribution in [2.45, 2.75) is 39.4 Å². The molecule has 4 nitrogen and oxygen atoms in total. The number of likely N-dealkylation sites (N-methyl/N-ethyl adjacent to an activating group) is 1. The lowest BCUT2D eigenvalue weighted by atomic mass is 9.99. The van der Waals surface area contributed by atoms with Crippen LogP contribution in [0.15, 0.2) is 16.7 Å². The molecular formula is C15H27N3O. The van der Waals surface area contributed by atoms with Crippen molar-refractivity contribution in [2.24, 2.45) is 0 Å². The second-order valence-electron chi connectivity index (χ2n) is 6.09. The van der Waals surface area contributed by atoms with Crippen LogP contribution < -0.4 is 5.32 Å². The summed E-state index contributed by atoms with van der Waals surface area (Å²) in [7, 11) is 2.21. The standard InChI is InChI=1S/C15H27N3O/c1-5-16-10-13-6-9-19-14(13)11-18-8-7-17(4)15(2,3)12-18/h6,9,16H,5,7-8,10-12H2,1-4H3. The van der Waals surface area contributed by atoms with Crippen LogP contribution in [0, 0.1) is 0 Å². The van der Waals surface area contributed by atoms with E-state index in [1.807, 2.05) is 6.26 Å². The Hall–Kier alpha value is -0.840. The van der Waals surface area contributed by atoms with Gasteiger partial charge in [0.05, 0.1) is 12.8 Å². The van der Waals surface area contributed by atoms with E-state index in [0.717, 1.165) is 45.0 Å². The maximum absolute atomic E-state index is 5.66. The Morgan fingerprint density at radius 3 is 2.84 bits per heavy atom. The average molecular weight is 265 g/mol. The number of hydrogen-bond acceptors (Lipinski definition) is 4. The van der Waals surface area contributed by atoms with Gasteiger partial charge in [-0.25, -0.2) is 0 Å². The summed E-state index contributed by atoms with van der Waals surface area (Å²) in [6, 6.07) is 2.08. The number of furan rings is 1. The molecule has 1 aromatic heterocycles. The molecule has 2 rings (SSSR count). The van der Waals surface area contributed by atoms with Crippen LogP contribution in [-0.2, 0) is 13.1 Å². The molecule has 1 aliphatic rings. The highest BCUT2D eigenvalue weighted by molar-refractivity contribution is 5.17. The summed E-state index contributed by atoms with van der Waals surface area (Å²) in [6.07, 6.45) is 1.81. The summed E-state index contributed by atoms with van der Waals surface area (Å²) < 4.78 is 5.66. The minimum absolute atomic E-state index is 0.243. The molecule has 0 saturated carbocycles. The molecule has 0 radical (unpaired) electrons. The van der Waals surface area contributed by atoms with Gasteiger partial charge in [-0.2, -0.15) is 0 Å². The third-order valence-electron chi connectivity index (χ3n) is 4.17. The first kappa shape index (κ1) is 14.6. The predicted octanol–water partition coefficient (Wildman–Crippen LogP) is 1.92. The minimum atomic E-state index is 0.243. The van der Waals surface area contributed by atoms with Gasteiger partial charge in [0.25, 0.3) is 0 Å². The van der Waals surface area contributed by atoms with Crippen LogP contribution in [0.3, 0.4) is 0 Å².